The van der Waals surface area contributed by atoms with Crippen molar-refractivity contribution in [2.24, 2.45) is 5.92 Å². The zero-order chi connectivity index (χ0) is 20.0. The fraction of sp³-hybridized carbons (Fsp3) is 0.286. The van der Waals surface area contributed by atoms with E-state index in [2.05, 4.69) is 19.5 Å². The van der Waals surface area contributed by atoms with Gasteiger partial charge in [0, 0.05) is 18.0 Å². The van der Waals surface area contributed by atoms with Crippen LogP contribution in [0.3, 0.4) is 0 Å². The molecule has 0 radical (unpaired) electrons. The average molecular weight is 398 g/mol. The summed E-state index contributed by atoms with van der Waals surface area (Å²) >= 11 is 0. The lowest BCUT2D eigenvalue weighted by Crippen LogP contribution is -2.39. The summed E-state index contributed by atoms with van der Waals surface area (Å²) in [7, 11) is 0. The number of H-pyrrole nitrogens is 1. The molecular formula is C21H19F3N5+. The van der Waals surface area contributed by atoms with Gasteiger partial charge in [-0.3, -0.25) is 4.98 Å². The lowest BCUT2D eigenvalue weighted by atomic mass is 10.1. The first-order chi connectivity index (χ1) is 14.0. The molecule has 0 unspecified atom stereocenters. The third kappa shape index (κ3) is 3.50. The van der Waals surface area contributed by atoms with Gasteiger partial charge in [0.05, 0.1) is 12.1 Å². The molecule has 1 aliphatic carbocycles. The Kier molecular flexibility index (Phi) is 4.15. The zero-order valence-corrected chi connectivity index (χ0v) is 15.5. The molecule has 1 aliphatic rings. The summed E-state index contributed by atoms with van der Waals surface area (Å²) < 4.78 is 43.4. The van der Waals surface area contributed by atoms with Crippen molar-refractivity contribution in [2.75, 3.05) is 0 Å². The second-order valence-corrected chi connectivity index (χ2v) is 7.46. The predicted octanol–water partition coefficient (Wildman–Crippen LogP) is 4.19. The van der Waals surface area contributed by atoms with Gasteiger partial charge >= 0.3 is 11.8 Å². The van der Waals surface area contributed by atoms with Crippen molar-refractivity contribution < 1.29 is 17.7 Å². The number of imidazole rings is 2. The van der Waals surface area contributed by atoms with Gasteiger partial charge in [0.25, 0.3) is 0 Å². The highest BCUT2D eigenvalue weighted by molar-refractivity contribution is 5.66. The Balaban J connectivity index is 1.53. The molecule has 1 N–H and O–H groups in total. The highest BCUT2D eigenvalue weighted by Crippen LogP contribution is 2.32. The van der Waals surface area contributed by atoms with Crippen LogP contribution in [0.5, 0.6) is 0 Å². The quantitative estimate of drug-likeness (QED) is 0.513. The van der Waals surface area contributed by atoms with Gasteiger partial charge in [0.1, 0.15) is 18.6 Å². The maximum Gasteiger partial charge on any atom is 0.416 e. The second kappa shape index (κ2) is 6.72. The maximum absolute atomic E-state index is 13.1. The van der Waals surface area contributed by atoms with Crippen LogP contribution in [-0.4, -0.2) is 19.5 Å². The van der Waals surface area contributed by atoms with Crippen molar-refractivity contribution in [1.82, 2.24) is 19.5 Å². The summed E-state index contributed by atoms with van der Waals surface area (Å²) in [6, 6.07) is 9.15. The highest BCUT2D eigenvalue weighted by Gasteiger charge is 2.31. The minimum atomic E-state index is -4.39. The summed E-state index contributed by atoms with van der Waals surface area (Å²) in [6.07, 6.45) is 3.22. The molecular weight excluding hydrogens is 379 g/mol. The van der Waals surface area contributed by atoms with Gasteiger partial charge in [-0.05, 0) is 43.0 Å². The first-order valence-corrected chi connectivity index (χ1v) is 9.53. The molecule has 0 saturated heterocycles. The molecule has 0 spiro atoms. The van der Waals surface area contributed by atoms with Gasteiger partial charge in [-0.15, -0.1) is 4.98 Å². The first kappa shape index (κ1) is 17.9. The number of halogens is 3. The summed E-state index contributed by atoms with van der Waals surface area (Å²) in [5.41, 5.74) is 1.61. The minimum Gasteiger partial charge on any atom is -0.320 e. The van der Waals surface area contributed by atoms with Crippen molar-refractivity contribution in [3.63, 3.8) is 0 Å². The van der Waals surface area contributed by atoms with E-state index in [0.717, 1.165) is 35.7 Å². The number of rotatable bonds is 5. The lowest BCUT2D eigenvalue weighted by Gasteiger charge is -2.10. The highest BCUT2D eigenvalue weighted by atomic mass is 19.4. The molecule has 148 valence electrons. The van der Waals surface area contributed by atoms with Crippen molar-refractivity contribution in [3.05, 3.63) is 66.4 Å². The average Bonchev–Trinajstić information content (AvgIpc) is 3.30. The molecule has 0 bridgehead atoms. The largest absolute Gasteiger partial charge is 0.416 e. The van der Waals surface area contributed by atoms with Crippen LogP contribution in [0.25, 0.3) is 22.6 Å². The Morgan fingerprint density at radius 3 is 2.76 bits per heavy atom. The standard InChI is InChI=1S/C21H18F3N5/c22-21(23,24)16-4-1-3-15(11-16)19-26-9-10-28(19)13-18-27-17-5-2-8-25-20(17)29(18)12-14-6-7-14/h1-5,8-11,14H,6-7,12-13H2/p+1. The third-order valence-electron chi connectivity index (χ3n) is 5.27. The number of fused-ring (bicyclic) bond motifs is 1. The number of hydrogen-bond donors (Lipinski definition) is 1. The van der Waals surface area contributed by atoms with Gasteiger partial charge in [0.15, 0.2) is 5.52 Å². The van der Waals surface area contributed by atoms with Gasteiger partial charge < -0.3 is 4.57 Å². The Bertz CT molecular complexity index is 1170. The molecule has 0 atom stereocenters. The number of nitrogens with one attached hydrogen (secondary N) is 1. The molecule has 5 rings (SSSR count). The van der Waals surface area contributed by atoms with E-state index in [-0.39, 0.29) is 0 Å². The second-order valence-electron chi connectivity index (χ2n) is 7.46. The fourth-order valence-electron chi connectivity index (χ4n) is 3.63. The van der Waals surface area contributed by atoms with E-state index >= 15 is 0 Å². The Hall–Kier alpha value is -3.16. The monoisotopic (exact) mass is 398 g/mol. The number of pyridine rings is 1. The molecule has 3 aromatic heterocycles. The third-order valence-corrected chi connectivity index (χ3v) is 5.27. The van der Waals surface area contributed by atoms with Crippen LogP contribution in [0.15, 0.2) is 55.0 Å². The van der Waals surface area contributed by atoms with Crippen LogP contribution in [0.4, 0.5) is 13.2 Å². The SMILES string of the molecule is FC(F)(F)c1cccc(-c2nccn2Cc2[nH]c3cccnc3[n+]2CC2CC2)c1. The van der Waals surface area contributed by atoms with Crippen LogP contribution in [0.2, 0.25) is 0 Å². The van der Waals surface area contributed by atoms with Crippen LogP contribution in [0.1, 0.15) is 24.2 Å². The Morgan fingerprint density at radius 1 is 1.10 bits per heavy atom. The number of nitrogens with zero attached hydrogens (tertiary/aromatic N) is 4. The normalized spacial score (nSPS) is 14.6. The lowest BCUT2D eigenvalue weighted by molar-refractivity contribution is -0.684. The molecule has 5 nitrogen and oxygen atoms in total. The molecule has 4 aromatic rings. The Labute approximate surface area is 164 Å². The summed E-state index contributed by atoms with van der Waals surface area (Å²) in [5.74, 6) is 2.11. The summed E-state index contributed by atoms with van der Waals surface area (Å²) in [6.45, 7) is 1.36. The maximum atomic E-state index is 13.1. The van der Waals surface area contributed by atoms with Gasteiger partial charge in [0.2, 0.25) is 5.82 Å². The molecule has 0 amide bonds. The van der Waals surface area contributed by atoms with Crippen molar-refractivity contribution in [1.29, 1.82) is 0 Å². The first-order valence-electron chi connectivity index (χ1n) is 9.53. The summed E-state index contributed by atoms with van der Waals surface area (Å²) in [4.78, 5) is 12.3. The van der Waals surface area contributed by atoms with E-state index in [1.54, 1.807) is 24.7 Å². The van der Waals surface area contributed by atoms with Gasteiger partial charge in [-0.2, -0.15) is 13.2 Å². The molecule has 3 heterocycles. The van der Waals surface area contributed by atoms with Gasteiger partial charge in [-0.25, -0.2) is 9.55 Å². The van der Waals surface area contributed by atoms with E-state index in [4.69, 9.17) is 0 Å². The van der Waals surface area contributed by atoms with E-state index in [1.165, 1.54) is 18.9 Å². The van der Waals surface area contributed by atoms with E-state index < -0.39 is 11.7 Å². The molecule has 0 aliphatic heterocycles. The summed E-state index contributed by atoms with van der Waals surface area (Å²) in [5, 5.41) is 0. The molecule has 8 heteroatoms. The van der Waals surface area contributed by atoms with E-state index in [1.807, 2.05) is 16.7 Å². The van der Waals surface area contributed by atoms with E-state index in [0.29, 0.717) is 23.9 Å². The number of alkyl halides is 3. The van der Waals surface area contributed by atoms with Crippen molar-refractivity contribution >= 4 is 11.2 Å². The van der Waals surface area contributed by atoms with Crippen LogP contribution in [-0.2, 0) is 19.3 Å². The molecule has 1 fully saturated rings. The smallest absolute Gasteiger partial charge is 0.320 e. The Morgan fingerprint density at radius 2 is 1.97 bits per heavy atom. The van der Waals surface area contributed by atoms with Crippen LogP contribution < -0.4 is 4.57 Å². The van der Waals surface area contributed by atoms with Crippen LogP contribution in [0, 0.1) is 5.92 Å². The number of hydrogen-bond acceptors (Lipinski definition) is 2. The zero-order valence-electron chi connectivity index (χ0n) is 15.5. The minimum absolute atomic E-state index is 0.438. The van der Waals surface area contributed by atoms with Gasteiger partial charge in [-0.1, -0.05) is 12.1 Å². The molecule has 1 aromatic carbocycles. The topological polar surface area (TPSA) is 50.4 Å². The van der Waals surface area contributed by atoms with Crippen molar-refractivity contribution in [3.8, 4) is 11.4 Å². The van der Waals surface area contributed by atoms with Crippen molar-refractivity contribution in [2.45, 2.75) is 32.1 Å². The number of benzene rings is 1. The predicted molar refractivity (Wildman–Crippen MR) is 101 cm³/mol. The van der Waals surface area contributed by atoms with Crippen LogP contribution >= 0.6 is 0 Å². The van der Waals surface area contributed by atoms with E-state index in [9.17, 15) is 13.2 Å². The molecule has 1 saturated carbocycles. The number of aromatic amines is 1. The number of aromatic nitrogens is 5. The molecule has 29 heavy (non-hydrogen) atoms. The fourth-order valence-corrected chi connectivity index (χ4v) is 3.63.